The summed E-state index contributed by atoms with van der Waals surface area (Å²) in [6.07, 6.45) is 7.50. The van der Waals surface area contributed by atoms with Crippen LogP contribution in [0.5, 0.6) is 0 Å². The molecular formula is C17H24OSn. The molecule has 2 N–H and O–H groups in total. The summed E-state index contributed by atoms with van der Waals surface area (Å²) in [4.78, 5) is 0. The van der Waals surface area contributed by atoms with Crippen LogP contribution in [0.2, 0.25) is 0 Å². The minimum atomic E-state index is 0. The Morgan fingerprint density at radius 3 is 0.526 bits per heavy atom. The molecule has 0 unspecified atom stereocenters. The molecule has 102 valence electrons. The topological polar surface area (TPSA) is 31.5 Å². The van der Waals surface area contributed by atoms with Gasteiger partial charge in [-0.1, -0.05) is 105 Å². The molecule has 0 saturated heterocycles. The molecule has 1 aliphatic carbocycles. The SMILES string of the molecule is C1CCCC1.O.[Sn].c1ccccc1.c1ccccc1. The summed E-state index contributed by atoms with van der Waals surface area (Å²) >= 11 is 0. The van der Waals surface area contributed by atoms with Crippen molar-refractivity contribution in [3.63, 3.8) is 0 Å². The van der Waals surface area contributed by atoms with Gasteiger partial charge in [0.2, 0.25) is 0 Å². The standard InChI is InChI=1S/2C6H6.C5H10.H2O.Sn/c2*1-2-4-6-5-3-1;1-2-4-5-3-1;;/h2*1-6H;1-5H2;1H2;. The summed E-state index contributed by atoms with van der Waals surface area (Å²) in [6.45, 7) is 0. The third-order valence-corrected chi connectivity index (χ3v) is 2.58. The Bertz CT molecular complexity index is 240. The van der Waals surface area contributed by atoms with Crippen molar-refractivity contribution in [3.8, 4) is 0 Å². The Morgan fingerprint density at radius 2 is 0.421 bits per heavy atom. The molecule has 0 spiro atoms. The molecule has 2 aromatic rings. The third-order valence-electron chi connectivity index (χ3n) is 2.58. The maximum atomic E-state index is 2.00. The first-order valence-electron chi connectivity index (χ1n) is 6.50. The summed E-state index contributed by atoms with van der Waals surface area (Å²) in [7, 11) is 0. The zero-order valence-corrected chi connectivity index (χ0v) is 14.3. The van der Waals surface area contributed by atoms with E-state index in [9.17, 15) is 0 Å². The minimum Gasteiger partial charge on any atom is -0.412 e. The van der Waals surface area contributed by atoms with Crippen LogP contribution in [0.3, 0.4) is 0 Å². The number of hydrogen-bond donors (Lipinski definition) is 0. The zero-order valence-electron chi connectivity index (χ0n) is 11.5. The summed E-state index contributed by atoms with van der Waals surface area (Å²) in [5.74, 6) is 0. The normalized spacial score (nSPS) is 11.4. The van der Waals surface area contributed by atoms with Gasteiger partial charge in [-0.3, -0.25) is 0 Å². The Kier molecular flexibility index (Phi) is 18.6. The van der Waals surface area contributed by atoms with Crippen LogP contribution in [0.15, 0.2) is 72.8 Å². The summed E-state index contributed by atoms with van der Waals surface area (Å²) in [5, 5.41) is 0. The van der Waals surface area contributed by atoms with Crippen molar-refractivity contribution in [3.05, 3.63) is 72.8 Å². The van der Waals surface area contributed by atoms with Crippen molar-refractivity contribution in [2.45, 2.75) is 32.1 Å². The fourth-order valence-electron chi connectivity index (χ4n) is 1.65. The summed E-state index contributed by atoms with van der Waals surface area (Å²) < 4.78 is 0. The Balaban J connectivity index is 0. The average Bonchev–Trinajstić information content (AvgIpc) is 3.03. The first-order valence-corrected chi connectivity index (χ1v) is 6.50. The van der Waals surface area contributed by atoms with Gasteiger partial charge in [-0.05, 0) is 0 Å². The second-order valence-corrected chi connectivity index (χ2v) is 4.08. The predicted octanol–water partition coefficient (Wildman–Crippen LogP) is 4.12. The number of hydrogen-bond acceptors (Lipinski definition) is 0. The van der Waals surface area contributed by atoms with Crippen molar-refractivity contribution in [1.29, 1.82) is 0 Å². The van der Waals surface area contributed by atoms with E-state index >= 15 is 0 Å². The van der Waals surface area contributed by atoms with E-state index in [0.717, 1.165) is 0 Å². The van der Waals surface area contributed by atoms with Crippen LogP contribution >= 0.6 is 0 Å². The molecule has 1 aliphatic rings. The molecule has 2 heteroatoms. The van der Waals surface area contributed by atoms with Crippen LogP contribution in [0.1, 0.15) is 32.1 Å². The quantitative estimate of drug-likeness (QED) is 0.631. The van der Waals surface area contributed by atoms with E-state index in [4.69, 9.17) is 0 Å². The van der Waals surface area contributed by atoms with Gasteiger partial charge >= 0.3 is 0 Å². The maximum Gasteiger partial charge on any atom is 0 e. The van der Waals surface area contributed by atoms with Crippen LogP contribution in [-0.2, 0) is 0 Å². The molecule has 0 heterocycles. The van der Waals surface area contributed by atoms with Crippen molar-refractivity contribution in [2.24, 2.45) is 0 Å². The second-order valence-electron chi connectivity index (χ2n) is 4.08. The molecule has 0 aromatic heterocycles. The van der Waals surface area contributed by atoms with Gasteiger partial charge in [0.15, 0.2) is 0 Å². The molecule has 0 amide bonds. The van der Waals surface area contributed by atoms with Crippen LogP contribution in [-0.4, -0.2) is 29.4 Å². The van der Waals surface area contributed by atoms with E-state index in [2.05, 4.69) is 0 Å². The third kappa shape index (κ3) is 15.1. The largest absolute Gasteiger partial charge is 0.412 e. The molecule has 0 aliphatic heterocycles. The van der Waals surface area contributed by atoms with E-state index in [1.54, 1.807) is 0 Å². The van der Waals surface area contributed by atoms with Gasteiger partial charge in [0.1, 0.15) is 0 Å². The Labute approximate surface area is 134 Å². The molecule has 0 bridgehead atoms. The van der Waals surface area contributed by atoms with Crippen molar-refractivity contribution < 1.29 is 5.48 Å². The van der Waals surface area contributed by atoms with Crippen LogP contribution < -0.4 is 0 Å². The van der Waals surface area contributed by atoms with Crippen molar-refractivity contribution in [1.82, 2.24) is 0 Å². The van der Waals surface area contributed by atoms with Crippen LogP contribution in [0.25, 0.3) is 0 Å². The van der Waals surface area contributed by atoms with Gasteiger partial charge in [0.25, 0.3) is 0 Å². The first kappa shape index (κ1) is 20.5. The van der Waals surface area contributed by atoms with E-state index < -0.39 is 0 Å². The fraction of sp³-hybridized carbons (Fsp3) is 0.294. The van der Waals surface area contributed by atoms with Crippen LogP contribution in [0.4, 0.5) is 0 Å². The first-order chi connectivity index (χ1) is 8.50. The van der Waals surface area contributed by atoms with E-state index in [0.29, 0.717) is 0 Å². The van der Waals surface area contributed by atoms with Gasteiger partial charge < -0.3 is 5.48 Å². The van der Waals surface area contributed by atoms with Gasteiger partial charge in [-0.25, -0.2) is 0 Å². The molecule has 2 aromatic carbocycles. The summed E-state index contributed by atoms with van der Waals surface area (Å²) in [5.41, 5.74) is 0. The predicted molar refractivity (Wildman–Crippen MR) is 85.3 cm³/mol. The number of benzene rings is 2. The van der Waals surface area contributed by atoms with Crippen LogP contribution in [0, 0.1) is 0 Å². The van der Waals surface area contributed by atoms with Gasteiger partial charge in [-0.15, -0.1) is 0 Å². The molecule has 3 rings (SSSR count). The Morgan fingerprint density at radius 1 is 0.316 bits per heavy atom. The fourth-order valence-corrected chi connectivity index (χ4v) is 1.65. The molecular weight excluding hydrogens is 339 g/mol. The maximum absolute atomic E-state index is 2.00. The molecule has 0 atom stereocenters. The van der Waals surface area contributed by atoms with E-state index in [-0.39, 0.29) is 29.4 Å². The summed E-state index contributed by atoms with van der Waals surface area (Å²) in [6, 6.07) is 24.0. The monoisotopic (exact) mass is 364 g/mol. The van der Waals surface area contributed by atoms with E-state index in [1.807, 2.05) is 72.8 Å². The van der Waals surface area contributed by atoms with Crippen molar-refractivity contribution >= 4 is 23.9 Å². The molecule has 1 nitrogen and oxygen atoms in total. The van der Waals surface area contributed by atoms with Gasteiger partial charge in [0.05, 0.1) is 0 Å². The molecule has 4 radical (unpaired) electrons. The van der Waals surface area contributed by atoms with Crippen molar-refractivity contribution in [2.75, 3.05) is 0 Å². The molecule has 19 heavy (non-hydrogen) atoms. The Hall–Kier alpha value is -0.801. The minimum absolute atomic E-state index is 0. The second kappa shape index (κ2) is 17.2. The molecule has 1 saturated carbocycles. The zero-order chi connectivity index (χ0) is 12.0. The van der Waals surface area contributed by atoms with Gasteiger partial charge in [0, 0.05) is 23.9 Å². The average molecular weight is 363 g/mol. The number of rotatable bonds is 0. The van der Waals surface area contributed by atoms with E-state index in [1.165, 1.54) is 32.1 Å². The molecule has 1 fully saturated rings. The van der Waals surface area contributed by atoms with Gasteiger partial charge in [-0.2, -0.15) is 0 Å². The smallest absolute Gasteiger partial charge is 0 e.